The number of hydrogen-bond donors (Lipinski definition) is 0. The van der Waals surface area contributed by atoms with E-state index in [4.69, 9.17) is 18.5 Å². The van der Waals surface area contributed by atoms with Crippen molar-refractivity contribution in [3.05, 3.63) is 72.9 Å². The molecular formula is C50H90NO7P. The third-order valence-corrected chi connectivity index (χ3v) is 10.7. The first kappa shape index (κ1) is 56.9. The van der Waals surface area contributed by atoms with Crippen molar-refractivity contribution in [2.75, 3.05) is 54.1 Å². The maximum absolute atomic E-state index is 12.7. The van der Waals surface area contributed by atoms with Gasteiger partial charge in [-0.15, -0.1) is 0 Å². The molecule has 0 aromatic heterocycles. The van der Waals surface area contributed by atoms with E-state index >= 15 is 0 Å². The number of unbranched alkanes of at least 4 members (excludes halogenated alkanes) is 17. The summed E-state index contributed by atoms with van der Waals surface area (Å²) in [5.74, 6) is -0.357. The summed E-state index contributed by atoms with van der Waals surface area (Å²) in [6.07, 6.45) is 54.8. The predicted molar refractivity (Wildman–Crippen MR) is 249 cm³/mol. The molecule has 0 saturated carbocycles. The molecule has 8 nitrogen and oxygen atoms in total. The number of carbonyl (C=O) groups excluding carboxylic acids is 1. The molecule has 0 spiro atoms. The first-order valence-corrected chi connectivity index (χ1v) is 25.1. The zero-order valence-corrected chi connectivity index (χ0v) is 39.6. The minimum atomic E-state index is -4.54. The summed E-state index contributed by atoms with van der Waals surface area (Å²) in [5.41, 5.74) is 0. The number of nitrogens with zero attached hydrogens (tertiary/aromatic N) is 1. The Labute approximate surface area is 363 Å². The third kappa shape index (κ3) is 46.9. The minimum absolute atomic E-state index is 0.0174. The molecule has 59 heavy (non-hydrogen) atoms. The molecule has 0 aliphatic heterocycles. The van der Waals surface area contributed by atoms with Gasteiger partial charge in [0.2, 0.25) is 0 Å². The second kappa shape index (κ2) is 42.6. The molecule has 2 unspecified atom stereocenters. The average Bonchev–Trinajstić information content (AvgIpc) is 3.19. The van der Waals surface area contributed by atoms with Gasteiger partial charge >= 0.3 is 5.97 Å². The number of phosphoric ester groups is 1. The molecule has 2 atom stereocenters. The number of ether oxygens (including phenoxy) is 2. The number of quaternary nitrogens is 1. The van der Waals surface area contributed by atoms with Gasteiger partial charge in [-0.2, -0.15) is 0 Å². The highest BCUT2D eigenvalue weighted by Gasteiger charge is 2.20. The van der Waals surface area contributed by atoms with Crippen LogP contribution in [0.5, 0.6) is 0 Å². The summed E-state index contributed by atoms with van der Waals surface area (Å²) in [7, 11) is 1.33. The standard InChI is InChI=1S/C50H90NO7P/c1-6-8-10-12-14-16-18-20-22-24-25-26-27-28-29-31-33-35-37-39-41-43-50(52)58-49(48-57-59(53,54)56-46-44-51(3,4)5)47-55-45-42-40-38-36-34-32-30-23-21-19-17-15-13-11-9-7-2/h8,10,14,16,20-23,25-26,28-29,49H,6-7,9,11-13,15,17-19,24,27,30-48H2,1-5H3/b10-8-,16-14-,22-20-,23-21-,26-25-,29-28-. The van der Waals surface area contributed by atoms with Crippen molar-refractivity contribution < 1.29 is 37.3 Å². The van der Waals surface area contributed by atoms with Crippen LogP contribution >= 0.6 is 7.82 Å². The van der Waals surface area contributed by atoms with E-state index in [0.717, 1.165) is 83.5 Å². The number of esters is 1. The van der Waals surface area contributed by atoms with E-state index in [-0.39, 0.29) is 32.2 Å². The van der Waals surface area contributed by atoms with E-state index in [2.05, 4.69) is 86.8 Å². The molecule has 9 heteroatoms. The second-order valence-electron chi connectivity index (χ2n) is 16.7. The smallest absolute Gasteiger partial charge is 0.306 e. The fraction of sp³-hybridized carbons (Fsp3) is 0.740. The van der Waals surface area contributed by atoms with Crippen LogP contribution in [0.15, 0.2) is 72.9 Å². The van der Waals surface area contributed by atoms with E-state index < -0.39 is 13.9 Å². The van der Waals surface area contributed by atoms with Gasteiger partial charge < -0.3 is 27.9 Å². The number of rotatable bonds is 43. The maximum Gasteiger partial charge on any atom is 0.306 e. The van der Waals surface area contributed by atoms with Crippen molar-refractivity contribution >= 4 is 13.8 Å². The highest BCUT2D eigenvalue weighted by atomic mass is 31.2. The predicted octanol–water partition coefficient (Wildman–Crippen LogP) is 13.6. The number of hydrogen-bond acceptors (Lipinski definition) is 7. The largest absolute Gasteiger partial charge is 0.756 e. The minimum Gasteiger partial charge on any atom is -0.756 e. The molecule has 342 valence electrons. The second-order valence-corrected chi connectivity index (χ2v) is 18.1. The fourth-order valence-electron chi connectivity index (χ4n) is 6.10. The lowest BCUT2D eigenvalue weighted by molar-refractivity contribution is -0.870. The first-order chi connectivity index (χ1) is 28.6. The van der Waals surface area contributed by atoms with Gasteiger partial charge in [-0.05, 0) is 83.5 Å². The fourth-order valence-corrected chi connectivity index (χ4v) is 6.82. The molecule has 0 amide bonds. The highest BCUT2D eigenvalue weighted by Crippen LogP contribution is 2.38. The van der Waals surface area contributed by atoms with E-state index in [1.807, 2.05) is 21.1 Å². The van der Waals surface area contributed by atoms with Gasteiger partial charge in [0.1, 0.15) is 19.3 Å². The quantitative estimate of drug-likeness (QED) is 0.0198. The lowest BCUT2D eigenvalue weighted by Gasteiger charge is -2.28. The van der Waals surface area contributed by atoms with E-state index in [1.165, 1.54) is 77.0 Å². The van der Waals surface area contributed by atoms with Gasteiger partial charge in [0.25, 0.3) is 7.82 Å². The molecule has 0 aromatic carbocycles. The van der Waals surface area contributed by atoms with Crippen LogP contribution in [0.1, 0.15) is 181 Å². The summed E-state index contributed by atoms with van der Waals surface area (Å²) in [5, 5.41) is 0. The monoisotopic (exact) mass is 848 g/mol. The Bertz CT molecular complexity index is 1170. The Hall–Kier alpha value is -2.06. The van der Waals surface area contributed by atoms with Crippen molar-refractivity contribution in [2.45, 2.75) is 187 Å². The lowest BCUT2D eigenvalue weighted by Crippen LogP contribution is -2.37. The first-order valence-electron chi connectivity index (χ1n) is 23.7. The Morgan fingerprint density at radius 3 is 1.49 bits per heavy atom. The van der Waals surface area contributed by atoms with Crippen molar-refractivity contribution in [1.29, 1.82) is 0 Å². The molecule has 0 aliphatic carbocycles. The van der Waals surface area contributed by atoms with Gasteiger partial charge in [0.05, 0.1) is 34.4 Å². The molecule has 0 radical (unpaired) electrons. The Morgan fingerprint density at radius 1 is 0.542 bits per heavy atom. The van der Waals surface area contributed by atoms with Crippen LogP contribution in [-0.4, -0.2) is 70.7 Å². The molecule has 0 rings (SSSR count). The van der Waals surface area contributed by atoms with E-state index in [1.54, 1.807) is 0 Å². The SMILES string of the molecule is CC/C=C\C/C=C\C/C=C\C/C=C\C/C=C\CCCCCCCC(=O)OC(COCCCCCCCC/C=C\CCCCCCCC)COP(=O)([O-])OCC[N+](C)(C)C. The van der Waals surface area contributed by atoms with Crippen LogP contribution in [-0.2, 0) is 27.9 Å². The summed E-state index contributed by atoms with van der Waals surface area (Å²) < 4.78 is 34.6. The molecule has 0 N–H and O–H groups in total. The van der Waals surface area contributed by atoms with Gasteiger partial charge in [-0.1, -0.05) is 164 Å². The van der Waals surface area contributed by atoms with Crippen LogP contribution in [0.2, 0.25) is 0 Å². The zero-order valence-electron chi connectivity index (χ0n) is 38.7. The molecule has 0 aliphatic rings. The van der Waals surface area contributed by atoms with Crippen LogP contribution in [0, 0.1) is 0 Å². The molecule has 0 aromatic rings. The Morgan fingerprint density at radius 2 is 0.983 bits per heavy atom. The molecule has 0 fully saturated rings. The summed E-state index contributed by atoms with van der Waals surface area (Å²) in [4.78, 5) is 25.1. The van der Waals surface area contributed by atoms with Crippen molar-refractivity contribution in [1.82, 2.24) is 0 Å². The van der Waals surface area contributed by atoms with Crippen molar-refractivity contribution in [2.24, 2.45) is 0 Å². The maximum atomic E-state index is 12.7. The summed E-state index contributed by atoms with van der Waals surface area (Å²) in [6, 6.07) is 0. The van der Waals surface area contributed by atoms with Gasteiger partial charge in [0.15, 0.2) is 0 Å². The lowest BCUT2D eigenvalue weighted by atomic mass is 10.1. The highest BCUT2D eigenvalue weighted by molar-refractivity contribution is 7.45. The van der Waals surface area contributed by atoms with Crippen molar-refractivity contribution in [3.8, 4) is 0 Å². The third-order valence-electron chi connectivity index (χ3n) is 9.74. The molecule has 0 heterocycles. The van der Waals surface area contributed by atoms with Crippen LogP contribution in [0.3, 0.4) is 0 Å². The van der Waals surface area contributed by atoms with Crippen LogP contribution < -0.4 is 4.89 Å². The van der Waals surface area contributed by atoms with Gasteiger partial charge in [-0.3, -0.25) is 9.36 Å². The van der Waals surface area contributed by atoms with Gasteiger partial charge in [0, 0.05) is 13.0 Å². The Kier molecular flexibility index (Phi) is 41.1. The van der Waals surface area contributed by atoms with E-state index in [0.29, 0.717) is 17.6 Å². The molecule has 0 saturated heterocycles. The number of allylic oxidation sites excluding steroid dienone is 12. The zero-order chi connectivity index (χ0) is 43.4. The Balaban J connectivity index is 4.27. The number of likely N-dealkylation sites (N-methyl/N-ethyl adjacent to an activating group) is 1. The molecular weight excluding hydrogens is 758 g/mol. The van der Waals surface area contributed by atoms with Crippen LogP contribution in [0.4, 0.5) is 0 Å². The van der Waals surface area contributed by atoms with Gasteiger partial charge in [-0.25, -0.2) is 0 Å². The molecule has 0 bridgehead atoms. The van der Waals surface area contributed by atoms with Crippen molar-refractivity contribution in [3.63, 3.8) is 0 Å². The topological polar surface area (TPSA) is 94.1 Å². The summed E-state index contributed by atoms with van der Waals surface area (Å²) in [6.45, 7) is 5.24. The average molecular weight is 848 g/mol. The normalized spacial score (nSPS) is 14.3. The van der Waals surface area contributed by atoms with E-state index in [9.17, 15) is 14.3 Å². The van der Waals surface area contributed by atoms with Crippen LogP contribution in [0.25, 0.3) is 0 Å². The number of carbonyl (C=O) groups is 1. The number of phosphoric acid groups is 1. The summed E-state index contributed by atoms with van der Waals surface area (Å²) >= 11 is 0.